The minimum Gasteiger partial charge on any atom is -0.381 e. The number of nitrogens with one attached hydrogen (secondary N) is 2. The highest BCUT2D eigenvalue weighted by Gasteiger charge is 2.19. The van der Waals surface area contributed by atoms with Crippen LogP contribution in [0.5, 0.6) is 0 Å². The van der Waals surface area contributed by atoms with Gasteiger partial charge in [0.2, 0.25) is 10.0 Å². The zero-order chi connectivity index (χ0) is 13.7. The van der Waals surface area contributed by atoms with Gasteiger partial charge in [0, 0.05) is 26.0 Å². The normalized spacial score (nSPS) is 17.3. The lowest BCUT2D eigenvalue weighted by Crippen LogP contribution is -2.32. The predicted octanol–water partition coefficient (Wildman–Crippen LogP) is 0.0721. The number of anilines is 1. The highest BCUT2D eigenvalue weighted by atomic mass is 32.2. The van der Waals surface area contributed by atoms with Crippen LogP contribution in [0.15, 0.2) is 23.2 Å². The molecule has 106 valence electrons. The molecule has 0 saturated carbocycles. The number of pyridine rings is 1. The van der Waals surface area contributed by atoms with E-state index in [0.29, 0.717) is 31.5 Å². The van der Waals surface area contributed by atoms with Crippen molar-refractivity contribution in [3.63, 3.8) is 0 Å². The van der Waals surface area contributed by atoms with Crippen molar-refractivity contribution in [2.75, 3.05) is 25.2 Å². The molecular formula is C11H18N4O3S. The monoisotopic (exact) mass is 286 g/mol. The van der Waals surface area contributed by atoms with Crippen molar-refractivity contribution < 1.29 is 13.2 Å². The summed E-state index contributed by atoms with van der Waals surface area (Å²) in [5, 5.41) is 0. The first-order chi connectivity index (χ1) is 9.12. The Labute approximate surface area is 112 Å². The zero-order valence-electron chi connectivity index (χ0n) is 10.5. The molecular weight excluding hydrogens is 268 g/mol. The largest absolute Gasteiger partial charge is 0.381 e. The Morgan fingerprint density at radius 1 is 1.37 bits per heavy atom. The Hall–Kier alpha value is -1.22. The van der Waals surface area contributed by atoms with E-state index in [1.165, 1.54) is 18.3 Å². The minimum absolute atomic E-state index is 0.138. The second-order valence-corrected chi connectivity index (χ2v) is 6.20. The summed E-state index contributed by atoms with van der Waals surface area (Å²) in [6.07, 6.45) is 3.05. The number of ether oxygens (including phenoxy) is 1. The van der Waals surface area contributed by atoms with E-state index in [9.17, 15) is 8.42 Å². The van der Waals surface area contributed by atoms with Gasteiger partial charge < -0.3 is 10.2 Å². The van der Waals surface area contributed by atoms with Gasteiger partial charge >= 0.3 is 0 Å². The van der Waals surface area contributed by atoms with E-state index in [0.717, 1.165) is 12.8 Å². The molecule has 4 N–H and O–H groups in total. The maximum atomic E-state index is 12.0. The van der Waals surface area contributed by atoms with E-state index in [4.69, 9.17) is 10.6 Å². The third kappa shape index (κ3) is 3.87. The molecule has 1 aliphatic heterocycles. The summed E-state index contributed by atoms with van der Waals surface area (Å²) < 4.78 is 31.9. The van der Waals surface area contributed by atoms with Crippen molar-refractivity contribution >= 4 is 15.8 Å². The van der Waals surface area contributed by atoms with Gasteiger partial charge in [0.05, 0.1) is 0 Å². The van der Waals surface area contributed by atoms with Gasteiger partial charge in [0.25, 0.3) is 0 Å². The predicted molar refractivity (Wildman–Crippen MR) is 70.8 cm³/mol. The molecule has 0 atom stereocenters. The van der Waals surface area contributed by atoms with Crippen LogP contribution >= 0.6 is 0 Å². The summed E-state index contributed by atoms with van der Waals surface area (Å²) in [7, 11) is -3.51. The fourth-order valence-corrected chi connectivity index (χ4v) is 2.95. The van der Waals surface area contributed by atoms with Crippen LogP contribution in [-0.2, 0) is 14.8 Å². The molecule has 0 radical (unpaired) electrons. The fraction of sp³-hybridized carbons (Fsp3) is 0.545. The number of hydrogen-bond donors (Lipinski definition) is 3. The molecule has 1 aromatic heterocycles. The van der Waals surface area contributed by atoms with Gasteiger partial charge in [-0.05, 0) is 30.9 Å². The van der Waals surface area contributed by atoms with Crippen molar-refractivity contribution in [2.45, 2.75) is 17.7 Å². The Balaban J connectivity index is 1.96. The Morgan fingerprint density at radius 3 is 2.68 bits per heavy atom. The number of hydrogen-bond acceptors (Lipinski definition) is 6. The summed E-state index contributed by atoms with van der Waals surface area (Å²) in [6.45, 7) is 1.83. The van der Waals surface area contributed by atoms with Crippen molar-refractivity contribution in [3.05, 3.63) is 18.3 Å². The van der Waals surface area contributed by atoms with E-state index in [1.54, 1.807) is 0 Å². The smallest absolute Gasteiger partial charge is 0.242 e. The molecule has 1 aliphatic rings. The zero-order valence-corrected chi connectivity index (χ0v) is 11.3. The average molecular weight is 286 g/mol. The van der Waals surface area contributed by atoms with Crippen LogP contribution in [-0.4, -0.2) is 33.2 Å². The van der Waals surface area contributed by atoms with Crippen LogP contribution in [0.2, 0.25) is 0 Å². The van der Waals surface area contributed by atoms with Gasteiger partial charge in [-0.3, -0.25) is 0 Å². The molecule has 0 aliphatic carbocycles. The first-order valence-electron chi connectivity index (χ1n) is 6.12. The van der Waals surface area contributed by atoms with Gasteiger partial charge in [-0.15, -0.1) is 0 Å². The number of aromatic nitrogens is 1. The average Bonchev–Trinajstić information content (AvgIpc) is 2.46. The maximum absolute atomic E-state index is 12.0. The lowest BCUT2D eigenvalue weighted by molar-refractivity contribution is 0.0678. The van der Waals surface area contributed by atoms with Crippen LogP contribution in [0.25, 0.3) is 0 Å². The molecule has 7 nitrogen and oxygen atoms in total. The second-order valence-electron chi connectivity index (χ2n) is 4.43. The second kappa shape index (κ2) is 6.29. The van der Waals surface area contributed by atoms with Crippen LogP contribution in [0.3, 0.4) is 0 Å². The summed E-state index contributed by atoms with van der Waals surface area (Å²) >= 11 is 0. The van der Waals surface area contributed by atoms with Gasteiger partial charge in [0.1, 0.15) is 10.7 Å². The van der Waals surface area contributed by atoms with E-state index >= 15 is 0 Å². The highest BCUT2D eigenvalue weighted by Crippen LogP contribution is 2.15. The Kier molecular flexibility index (Phi) is 4.70. The first kappa shape index (κ1) is 14.2. The molecule has 0 aromatic carbocycles. The quantitative estimate of drug-likeness (QED) is 0.522. The van der Waals surface area contributed by atoms with Crippen LogP contribution in [0.4, 0.5) is 5.82 Å². The summed E-state index contributed by atoms with van der Waals surface area (Å²) in [4.78, 5) is 4.02. The Bertz CT molecular complexity index is 497. The van der Waals surface area contributed by atoms with Crippen molar-refractivity contribution in [3.8, 4) is 0 Å². The van der Waals surface area contributed by atoms with E-state index < -0.39 is 10.0 Å². The third-order valence-corrected chi connectivity index (χ3v) is 4.51. The number of nitrogen functional groups attached to an aromatic ring is 1. The standard InChI is InChI=1S/C11H18N4O3S/c12-15-11-2-1-10(8-13-11)19(16,17)14-7-9-3-5-18-6-4-9/h1-2,8-9,14H,3-7,12H2,(H,13,15). The molecule has 0 spiro atoms. The molecule has 2 rings (SSSR count). The van der Waals surface area contributed by atoms with Gasteiger partial charge in [0.15, 0.2) is 0 Å². The van der Waals surface area contributed by atoms with Crippen LogP contribution in [0.1, 0.15) is 12.8 Å². The van der Waals surface area contributed by atoms with E-state index in [-0.39, 0.29) is 4.90 Å². The molecule has 0 amide bonds. The topological polar surface area (TPSA) is 106 Å². The van der Waals surface area contributed by atoms with Crippen LogP contribution < -0.4 is 16.0 Å². The SMILES string of the molecule is NNc1ccc(S(=O)(=O)NCC2CCOCC2)cn1. The summed E-state index contributed by atoms with van der Waals surface area (Å²) in [6, 6.07) is 2.98. The fourth-order valence-electron chi connectivity index (χ4n) is 1.89. The first-order valence-corrected chi connectivity index (χ1v) is 7.60. The maximum Gasteiger partial charge on any atom is 0.242 e. The Morgan fingerprint density at radius 2 is 2.11 bits per heavy atom. The van der Waals surface area contributed by atoms with Crippen LogP contribution in [0, 0.1) is 5.92 Å². The van der Waals surface area contributed by atoms with Crippen molar-refractivity contribution in [1.29, 1.82) is 0 Å². The lowest BCUT2D eigenvalue weighted by Gasteiger charge is -2.22. The number of nitrogens with zero attached hydrogens (tertiary/aromatic N) is 1. The van der Waals surface area contributed by atoms with Gasteiger partial charge in [-0.25, -0.2) is 24.0 Å². The molecule has 0 bridgehead atoms. The van der Waals surface area contributed by atoms with Gasteiger partial charge in [-0.1, -0.05) is 0 Å². The summed E-state index contributed by atoms with van der Waals surface area (Å²) in [5.41, 5.74) is 2.35. The number of hydrazine groups is 1. The van der Waals surface area contributed by atoms with E-state index in [2.05, 4.69) is 15.1 Å². The molecule has 8 heteroatoms. The summed E-state index contributed by atoms with van der Waals surface area (Å²) in [5.74, 6) is 5.93. The van der Waals surface area contributed by atoms with Gasteiger partial charge in [-0.2, -0.15) is 0 Å². The number of nitrogens with two attached hydrogens (primary N) is 1. The molecule has 2 heterocycles. The highest BCUT2D eigenvalue weighted by molar-refractivity contribution is 7.89. The number of rotatable bonds is 5. The molecule has 1 saturated heterocycles. The lowest BCUT2D eigenvalue weighted by atomic mass is 10.0. The minimum atomic E-state index is -3.51. The van der Waals surface area contributed by atoms with Crippen molar-refractivity contribution in [1.82, 2.24) is 9.71 Å². The molecule has 1 aromatic rings. The van der Waals surface area contributed by atoms with E-state index in [1.807, 2.05) is 0 Å². The third-order valence-electron chi connectivity index (χ3n) is 3.10. The van der Waals surface area contributed by atoms with Crippen molar-refractivity contribution in [2.24, 2.45) is 11.8 Å². The number of sulfonamides is 1. The molecule has 1 fully saturated rings. The molecule has 19 heavy (non-hydrogen) atoms. The molecule has 0 unspecified atom stereocenters.